The second kappa shape index (κ2) is 6.44. The van der Waals surface area contributed by atoms with Crippen LogP contribution < -0.4 is 5.32 Å². The third-order valence-electron chi connectivity index (χ3n) is 3.12. The van der Waals surface area contributed by atoms with E-state index >= 15 is 0 Å². The van der Waals surface area contributed by atoms with E-state index in [-0.39, 0.29) is 17.6 Å². The van der Waals surface area contributed by atoms with Crippen LogP contribution in [0.3, 0.4) is 0 Å². The molecule has 2 rings (SSSR count). The lowest BCUT2D eigenvalue weighted by atomic mass is 10.2. The molecule has 0 atom stereocenters. The Labute approximate surface area is 113 Å². The minimum atomic E-state index is -2.81. The van der Waals surface area contributed by atoms with Crippen LogP contribution in [0, 0.1) is 0 Å². The van der Waals surface area contributed by atoms with Crippen LogP contribution in [0.15, 0.2) is 6.20 Å². The highest BCUT2D eigenvalue weighted by atomic mass is 32.2. The third kappa shape index (κ3) is 4.55. The standard InChI is InChI=1S/C11H20N4O3S/c1-12-8-10-9-15(14-13-10)4-5-18-11-2-6-19(16,17)7-3-11/h9,11-12H,2-8H2,1H3. The van der Waals surface area contributed by atoms with Gasteiger partial charge in [0.2, 0.25) is 0 Å². The van der Waals surface area contributed by atoms with Crippen LogP contribution in [-0.4, -0.2) is 54.7 Å². The van der Waals surface area contributed by atoms with Crippen LogP contribution in [0.1, 0.15) is 18.5 Å². The van der Waals surface area contributed by atoms with Crippen molar-refractivity contribution in [3.63, 3.8) is 0 Å². The first-order valence-electron chi connectivity index (χ1n) is 6.45. The van der Waals surface area contributed by atoms with Gasteiger partial charge in [-0.1, -0.05) is 5.21 Å². The number of nitrogens with zero attached hydrogens (tertiary/aromatic N) is 3. The van der Waals surface area contributed by atoms with Crippen molar-refractivity contribution in [2.75, 3.05) is 25.2 Å². The predicted octanol–water partition coefficient (Wildman–Crippen LogP) is -0.409. The van der Waals surface area contributed by atoms with E-state index in [1.54, 1.807) is 4.68 Å². The summed E-state index contributed by atoms with van der Waals surface area (Å²) in [5, 5.41) is 11.0. The van der Waals surface area contributed by atoms with Gasteiger partial charge in [0, 0.05) is 12.7 Å². The molecule has 2 heterocycles. The molecule has 108 valence electrons. The van der Waals surface area contributed by atoms with Crippen molar-refractivity contribution in [2.24, 2.45) is 0 Å². The van der Waals surface area contributed by atoms with Gasteiger partial charge in [0.25, 0.3) is 0 Å². The van der Waals surface area contributed by atoms with Crippen molar-refractivity contribution in [1.82, 2.24) is 20.3 Å². The molecule has 1 aliphatic rings. The van der Waals surface area contributed by atoms with Crippen molar-refractivity contribution in [3.8, 4) is 0 Å². The average molecular weight is 288 g/mol. The van der Waals surface area contributed by atoms with Gasteiger partial charge in [-0.25, -0.2) is 13.1 Å². The van der Waals surface area contributed by atoms with E-state index in [1.807, 2.05) is 13.2 Å². The fraction of sp³-hybridized carbons (Fsp3) is 0.818. The van der Waals surface area contributed by atoms with E-state index in [1.165, 1.54) is 0 Å². The smallest absolute Gasteiger partial charge is 0.150 e. The van der Waals surface area contributed by atoms with Gasteiger partial charge in [-0.2, -0.15) is 0 Å². The molecule has 19 heavy (non-hydrogen) atoms. The molecule has 8 heteroatoms. The Hall–Kier alpha value is -0.990. The van der Waals surface area contributed by atoms with Gasteiger partial charge in [0.15, 0.2) is 9.84 Å². The molecule has 1 aliphatic heterocycles. The average Bonchev–Trinajstić information content (AvgIpc) is 2.80. The summed E-state index contributed by atoms with van der Waals surface area (Å²) in [6.45, 7) is 1.87. The Balaban J connectivity index is 1.69. The molecule has 0 radical (unpaired) electrons. The number of hydrogen-bond donors (Lipinski definition) is 1. The highest BCUT2D eigenvalue weighted by Gasteiger charge is 2.23. The first-order valence-corrected chi connectivity index (χ1v) is 8.27. The number of rotatable bonds is 6. The van der Waals surface area contributed by atoms with Gasteiger partial charge >= 0.3 is 0 Å². The van der Waals surface area contributed by atoms with E-state index in [2.05, 4.69) is 15.6 Å². The molecular formula is C11H20N4O3S. The van der Waals surface area contributed by atoms with Crippen LogP contribution >= 0.6 is 0 Å². The lowest BCUT2D eigenvalue weighted by Crippen LogP contribution is -2.29. The Morgan fingerprint density at radius 2 is 2.21 bits per heavy atom. The maximum atomic E-state index is 11.3. The van der Waals surface area contributed by atoms with E-state index in [9.17, 15) is 8.42 Å². The quantitative estimate of drug-likeness (QED) is 0.766. The molecule has 1 saturated heterocycles. The van der Waals surface area contributed by atoms with Gasteiger partial charge < -0.3 is 10.1 Å². The number of nitrogens with one attached hydrogen (secondary N) is 1. The van der Waals surface area contributed by atoms with Crippen molar-refractivity contribution in [2.45, 2.75) is 32.0 Å². The van der Waals surface area contributed by atoms with Crippen LogP contribution in [0.4, 0.5) is 0 Å². The predicted molar refractivity (Wildman–Crippen MR) is 70.4 cm³/mol. The number of aromatic nitrogens is 3. The lowest BCUT2D eigenvalue weighted by Gasteiger charge is -2.22. The molecule has 0 amide bonds. The molecule has 0 aromatic carbocycles. The second-order valence-corrected chi connectivity index (χ2v) is 7.03. The molecule has 1 aromatic heterocycles. The maximum Gasteiger partial charge on any atom is 0.150 e. The summed E-state index contributed by atoms with van der Waals surface area (Å²) < 4.78 is 30.0. The third-order valence-corrected chi connectivity index (χ3v) is 4.84. The summed E-state index contributed by atoms with van der Waals surface area (Å²) in [4.78, 5) is 0. The minimum absolute atomic E-state index is 0.0591. The van der Waals surface area contributed by atoms with Crippen LogP contribution in [0.5, 0.6) is 0 Å². The van der Waals surface area contributed by atoms with Gasteiger partial charge in [-0.05, 0) is 19.9 Å². The molecule has 1 fully saturated rings. The fourth-order valence-corrected chi connectivity index (χ4v) is 3.51. The van der Waals surface area contributed by atoms with Crippen molar-refractivity contribution >= 4 is 9.84 Å². The largest absolute Gasteiger partial charge is 0.376 e. The minimum Gasteiger partial charge on any atom is -0.376 e. The topological polar surface area (TPSA) is 86.1 Å². The zero-order valence-electron chi connectivity index (χ0n) is 11.1. The summed E-state index contributed by atoms with van der Waals surface area (Å²) in [5.41, 5.74) is 0.895. The van der Waals surface area contributed by atoms with Crippen molar-refractivity contribution in [1.29, 1.82) is 0 Å². The summed E-state index contributed by atoms with van der Waals surface area (Å²) in [6.07, 6.45) is 3.14. The molecule has 0 bridgehead atoms. The van der Waals surface area contributed by atoms with Crippen molar-refractivity contribution < 1.29 is 13.2 Å². The van der Waals surface area contributed by atoms with E-state index in [4.69, 9.17) is 4.74 Å². The molecule has 0 aliphatic carbocycles. The number of sulfone groups is 1. The summed E-state index contributed by atoms with van der Waals surface area (Å²) in [6, 6.07) is 0. The molecule has 1 aromatic rings. The Kier molecular flexibility index (Phi) is 4.89. The first kappa shape index (κ1) is 14.4. The van der Waals surface area contributed by atoms with E-state index < -0.39 is 9.84 Å². The molecule has 7 nitrogen and oxygen atoms in total. The van der Waals surface area contributed by atoms with Crippen LogP contribution in [-0.2, 0) is 27.7 Å². The van der Waals surface area contributed by atoms with Gasteiger partial charge in [-0.3, -0.25) is 0 Å². The van der Waals surface area contributed by atoms with Crippen LogP contribution in [0.25, 0.3) is 0 Å². The van der Waals surface area contributed by atoms with E-state index in [0.29, 0.717) is 32.5 Å². The zero-order chi connectivity index (χ0) is 13.7. The fourth-order valence-electron chi connectivity index (χ4n) is 2.06. The van der Waals surface area contributed by atoms with Crippen molar-refractivity contribution in [3.05, 3.63) is 11.9 Å². The number of ether oxygens (including phenoxy) is 1. The van der Waals surface area contributed by atoms with E-state index in [0.717, 1.165) is 5.69 Å². The molecule has 1 N–H and O–H groups in total. The lowest BCUT2D eigenvalue weighted by molar-refractivity contribution is 0.0402. The highest BCUT2D eigenvalue weighted by Crippen LogP contribution is 2.15. The van der Waals surface area contributed by atoms with Gasteiger partial charge in [0.05, 0.1) is 36.5 Å². The second-order valence-electron chi connectivity index (χ2n) is 4.73. The molecule has 0 saturated carbocycles. The number of hydrogen-bond acceptors (Lipinski definition) is 6. The first-order chi connectivity index (χ1) is 9.09. The SMILES string of the molecule is CNCc1cn(CCOC2CCS(=O)(=O)CC2)nn1. The van der Waals surface area contributed by atoms with Gasteiger partial charge in [0.1, 0.15) is 0 Å². The summed E-state index contributed by atoms with van der Waals surface area (Å²) >= 11 is 0. The normalized spacial score (nSPS) is 19.6. The highest BCUT2D eigenvalue weighted by molar-refractivity contribution is 7.91. The Morgan fingerprint density at radius 1 is 1.47 bits per heavy atom. The molecule has 0 unspecified atom stereocenters. The monoisotopic (exact) mass is 288 g/mol. The Morgan fingerprint density at radius 3 is 2.89 bits per heavy atom. The molecular weight excluding hydrogens is 268 g/mol. The Bertz CT molecular complexity index is 486. The maximum absolute atomic E-state index is 11.3. The summed E-state index contributed by atoms with van der Waals surface area (Å²) in [5.74, 6) is 0.487. The van der Waals surface area contributed by atoms with Crippen LogP contribution in [0.2, 0.25) is 0 Å². The van der Waals surface area contributed by atoms with Gasteiger partial charge in [-0.15, -0.1) is 5.10 Å². The summed E-state index contributed by atoms with van der Waals surface area (Å²) in [7, 11) is -0.950. The molecule has 0 spiro atoms. The zero-order valence-corrected chi connectivity index (χ0v) is 11.9.